The van der Waals surface area contributed by atoms with Crippen molar-refractivity contribution in [2.75, 3.05) is 6.61 Å². The Kier molecular flexibility index (Phi) is 6.25. The molecule has 0 aromatic rings. The van der Waals surface area contributed by atoms with Crippen molar-refractivity contribution in [1.29, 1.82) is 0 Å². The van der Waals surface area contributed by atoms with Gasteiger partial charge in [-0.25, -0.2) is 0 Å². The number of hydrogen-bond donors (Lipinski definition) is 1. The van der Waals surface area contributed by atoms with Crippen LogP contribution in [0.5, 0.6) is 0 Å². The first-order valence-corrected chi connectivity index (χ1v) is 6.47. The van der Waals surface area contributed by atoms with Crippen LogP contribution in [0.4, 0.5) is 0 Å². The van der Waals surface area contributed by atoms with Gasteiger partial charge in [0.2, 0.25) is 0 Å². The molecular formula is C13H26O. The third kappa shape index (κ3) is 4.45. The smallest absolute Gasteiger partial charge is 0.0433 e. The molecule has 0 saturated heterocycles. The van der Waals surface area contributed by atoms with E-state index in [0.717, 1.165) is 18.3 Å². The highest BCUT2D eigenvalue weighted by molar-refractivity contribution is 4.70. The second-order valence-corrected chi connectivity index (χ2v) is 4.91. The maximum atomic E-state index is 8.99. The Morgan fingerprint density at radius 1 is 1.14 bits per heavy atom. The summed E-state index contributed by atoms with van der Waals surface area (Å²) in [5.74, 6) is 1.78. The van der Waals surface area contributed by atoms with Crippen molar-refractivity contribution in [2.45, 2.75) is 64.7 Å². The summed E-state index contributed by atoms with van der Waals surface area (Å²) in [6.45, 7) is 2.64. The highest BCUT2D eigenvalue weighted by atomic mass is 16.3. The van der Waals surface area contributed by atoms with E-state index in [-0.39, 0.29) is 0 Å². The quantitative estimate of drug-likeness (QED) is 0.689. The van der Waals surface area contributed by atoms with Gasteiger partial charge in [0.15, 0.2) is 0 Å². The van der Waals surface area contributed by atoms with Crippen LogP contribution in [0.1, 0.15) is 64.7 Å². The topological polar surface area (TPSA) is 20.2 Å². The molecule has 1 nitrogen and oxygen atoms in total. The van der Waals surface area contributed by atoms with E-state index in [1.807, 2.05) is 0 Å². The van der Waals surface area contributed by atoms with E-state index in [9.17, 15) is 0 Å². The molecule has 1 fully saturated rings. The third-order valence-corrected chi connectivity index (χ3v) is 3.63. The zero-order valence-corrected chi connectivity index (χ0v) is 9.67. The predicted octanol–water partition coefficient (Wildman–Crippen LogP) is 3.76. The summed E-state index contributed by atoms with van der Waals surface area (Å²) >= 11 is 0. The Morgan fingerprint density at radius 3 is 2.43 bits per heavy atom. The Labute approximate surface area is 88.9 Å². The van der Waals surface area contributed by atoms with Crippen molar-refractivity contribution in [3.8, 4) is 0 Å². The number of hydrogen-bond acceptors (Lipinski definition) is 1. The SMILES string of the molecule is CCCC(CCO)CC1CCCCC1. The van der Waals surface area contributed by atoms with Crippen molar-refractivity contribution < 1.29 is 5.11 Å². The first kappa shape index (κ1) is 12.0. The summed E-state index contributed by atoms with van der Waals surface area (Å²) < 4.78 is 0. The number of aliphatic hydroxyl groups is 1. The first-order valence-electron chi connectivity index (χ1n) is 6.47. The fraction of sp³-hybridized carbons (Fsp3) is 1.00. The lowest BCUT2D eigenvalue weighted by molar-refractivity contribution is 0.214. The van der Waals surface area contributed by atoms with Gasteiger partial charge in [-0.15, -0.1) is 0 Å². The minimum absolute atomic E-state index is 0.386. The molecule has 1 unspecified atom stereocenters. The Morgan fingerprint density at radius 2 is 1.86 bits per heavy atom. The maximum Gasteiger partial charge on any atom is 0.0433 e. The Hall–Kier alpha value is -0.0400. The van der Waals surface area contributed by atoms with Crippen molar-refractivity contribution in [2.24, 2.45) is 11.8 Å². The van der Waals surface area contributed by atoms with Gasteiger partial charge in [-0.1, -0.05) is 51.9 Å². The molecule has 0 aromatic carbocycles. The maximum absolute atomic E-state index is 8.99. The molecule has 1 saturated carbocycles. The van der Waals surface area contributed by atoms with Gasteiger partial charge < -0.3 is 5.11 Å². The molecule has 1 aliphatic rings. The van der Waals surface area contributed by atoms with Crippen LogP contribution in [0.3, 0.4) is 0 Å². The average Bonchev–Trinajstić information content (AvgIpc) is 2.20. The number of aliphatic hydroxyl groups excluding tert-OH is 1. The predicted molar refractivity (Wildman–Crippen MR) is 61.3 cm³/mol. The normalized spacial score (nSPS) is 21.0. The molecule has 1 heteroatoms. The van der Waals surface area contributed by atoms with Crippen LogP contribution in [0, 0.1) is 11.8 Å². The molecule has 0 bridgehead atoms. The summed E-state index contributed by atoms with van der Waals surface area (Å²) in [6, 6.07) is 0. The molecule has 0 spiro atoms. The lowest BCUT2D eigenvalue weighted by Gasteiger charge is -2.26. The van der Waals surface area contributed by atoms with Crippen LogP contribution in [0.15, 0.2) is 0 Å². The van der Waals surface area contributed by atoms with E-state index in [2.05, 4.69) is 6.92 Å². The van der Waals surface area contributed by atoms with Gasteiger partial charge in [-0.05, 0) is 24.7 Å². The van der Waals surface area contributed by atoms with Crippen LogP contribution in [-0.2, 0) is 0 Å². The largest absolute Gasteiger partial charge is 0.396 e. The van der Waals surface area contributed by atoms with Gasteiger partial charge in [0.05, 0.1) is 0 Å². The number of rotatable bonds is 6. The van der Waals surface area contributed by atoms with Gasteiger partial charge in [0.1, 0.15) is 0 Å². The second kappa shape index (κ2) is 7.28. The fourth-order valence-corrected chi connectivity index (χ4v) is 2.87. The average molecular weight is 198 g/mol. The van der Waals surface area contributed by atoms with E-state index in [1.165, 1.54) is 51.4 Å². The molecule has 0 radical (unpaired) electrons. The molecular weight excluding hydrogens is 172 g/mol. The second-order valence-electron chi connectivity index (χ2n) is 4.91. The van der Waals surface area contributed by atoms with E-state index >= 15 is 0 Å². The molecule has 84 valence electrons. The Bertz CT molecular complexity index is 121. The van der Waals surface area contributed by atoms with E-state index < -0.39 is 0 Å². The summed E-state index contributed by atoms with van der Waals surface area (Å²) in [7, 11) is 0. The van der Waals surface area contributed by atoms with Crippen LogP contribution in [0.2, 0.25) is 0 Å². The first-order chi connectivity index (χ1) is 6.86. The zero-order chi connectivity index (χ0) is 10.2. The summed E-state index contributed by atoms with van der Waals surface area (Å²) in [5.41, 5.74) is 0. The molecule has 0 amide bonds. The summed E-state index contributed by atoms with van der Waals surface area (Å²) in [6.07, 6.45) is 12.3. The van der Waals surface area contributed by atoms with E-state index in [4.69, 9.17) is 5.11 Å². The highest BCUT2D eigenvalue weighted by Gasteiger charge is 2.17. The minimum atomic E-state index is 0.386. The van der Waals surface area contributed by atoms with Crippen molar-refractivity contribution in [3.63, 3.8) is 0 Å². The standard InChI is InChI=1S/C13H26O/c1-2-6-12(9-10-14)11-13-7-4-3-5-8-13/h12-14H,2-11H2,1H3. The van der Waals surface area contributed by atoms with Gasteiger partial charge in [0.25, 0.3) is 0 Å². The fourth-order valence-electron chi connectivity index (χ4n) is 2.87. The van der Waals surface area contributed by atoms with Crippen LogP contribution in [-0.4, -0.2) is 11.7 Å². The van der Waals surface area contributed by atoms with Crippen LogP contribution in [0.25, 0.3) is 0 Å². The molecule has 1 atom stereocenters. The van der Waals surface area contributed by atoms with Gasteiger partial charge in [-0.3, -0.25) is 0 Å². The zero-order valence-electron chi connectivity index (χ0n) is 9.67. The van der Waals surface area contributed by atoms with Gasteiger partial charge in [-0.2, -0.15) is 0 Å². The third-order valence-electron chi connectivity index (χ3n) is 3.63. The van der Waals surface area contributed by atoms with Crippen molar-refractivity contribution in [1.82, 2.24) is 0 Å². The summed E-state index contributed by atoms with van der Waals surface area (Å²) in [4.78, 5) is 0. The molecule has 0 aromatic heterocycles. The van der Waals surface area contributed by atoms with Crippen molar-refractivity contribution in [3.05, 3.63) is 0 Å². The molecule has 0 aliphatic heterocycles. The molecule has 0 heterocycles. The van der Waals surface area contributed by atoms with E-state index in [1.54, 1.807) is 0 Å². The van der Waals surface area contributed by atoms with Crippen molar-refractivity contribution >= 4 is 0 Å². The minimum Gasteiger partial charge on any atom is -0.396 e. The monoisotopic (exact) mass is 198 g/mol. The van der Waals surface area contributed by atoms with Gasteiger partial charge in [0, 0.05) is 6.61 Å². The highest BCUT2D eigenvalue weighted by Crippen LogP contribution is 2.31. The van der Waals surface area contributed by atoms with Crippen LogP contribution >= 0.6 is 0 Å². The molecule has 1 aliphatic carbocycles. The lowest BCUT2D eigenvalue weighted by Crippen LogP contribution is -2.13. The summed E-state index contributed by atoms with van der Waals surface area (Å²) in [5, 5.41) is 8.99. The molecule has 1 rings (SSSR count). The molecule has 1 N–H and O–H groups in total. The van der Waals surface area contributed by atoms with E-state index in [0.29, 0.717) is 6.61 Å². The Balaban J connectivity index is 2.21. The molecule has 14 heavy (non-hydrogen) atoms. The lowest BCUT2D eigenvalue weighted by atomic mass is 9.80. The van der Waals surface area contributed by atoms with Crippen LogP contribution < -0.4 is 0 Å². The van der Waals surface area contributed by atoms with Gasteiger partial charge >= 0.3 is 0 Å².